The molecule has 0 aliphatic rings. The minimum atomic E-state index is -0.234. The molecule has 0 radical (unpaired) electrons. The van der Waals surface area contributed by atoms with Gasteiger partial charge in [-0.3, -0.25) is 4.68 Å². The number of aromatic nitrogens is 3. The lowest BCUT2D eigenvalue weighted by Crippen LogP contribution is -2.38. The fourth-order valence-corrected chi connectivity index (χ4v) is 2.15. The molecule has 0 saturated heterocycles. The first kappa shape index (κ1) is 16.8. The van der Waals surface area contributed by atoms with Crippen LogP contribution in [0.4, 0.5) is 16.2 Å². The summed E-state index contributed by atoms with van der Waals surface area (Å²) < 4.78 is 1.68. The molecule has 0 unspecified atom stereocenters. The van der Waals surface area contributed by atoms with Crippen LogP contribution in [-0.4, -0.2) is 39.9 Å². The van der Waals surface area contributed by atoms with Crippen molar-refractivity contribution >= 4 is 17.4 Å². The highest BCUT2D eigenvalue weighted by Gasteiger charge is 2.10. The van der Waals surface area contributed by atoms with Gasteiger partial charge in [0.1, 0.15) is 12.7 Å². The van der Waals surface area contributed by atoms with Gasteiger partial charge in [0.05, 0.1) is 6.54 Å². The molecule has 7 nitrogen and oxygen atoms in total. The molecule has 0 aliphatic heterocycles. The standard InChI is InChI=1S/C16H24N6O/c1-12(2)21(4)15-7-5-6-14(8-15)20-16(23)19-13(3)9-22-11-17-10-18-22/h5-8,10-13H,9H2,1-4H3,(H2,19,20,23)/t13-/m0/s1. The predicted octanol–water partition coefficient (Wildman–Crippen LogP) is 2.33. The number of anilines is 2. The monoisotopic (exact) mass is 316 g/mol. The van der Waals surface area contributed by atoms with E-state index in [2.05, 4.69) is 39.5 Å². The van der Waals surface area contributed by atoms with Crippen LogP contribution in [-0.2, 0) is 6.54 Å². The normalized spacial score (nSPS) is 12.0. The number of urea groups is 1. The Labute approximate surface area is 136 Å². The van der Waals surface area contributed by atoms with Crippen LogP contribution in [0.15, 0.2) is 36.9 Å². The highest BCUT2D eigenvalue weighted by molar-refractivity contribution is 5.90. The summed E-state index contributed by atoms with van der Waals surface area (Å²) in [4.78, 5) is 18.1. The van der Waals surface area contributed by atoms with Crippen LogP contribution in [0.5, 0.6) is 0 Å². The molecule has 1 atom stereocenters. The quantitative estimate of drug-likeness (QED) is 0.858. The van der Waals surface area contributed by atoms with Crippen molar-refractivity contribution in [1.29, 1.82) is 0 Å². The summed E-state index contributed by atoms with van der Waals surface area (Å²) in [6.45, 7) is 6.74. The SMILES string of the molecule is CC(C)N(C)c1cccc(NC(=O)N[C@@H](C)Cn2cncn2)c1. The Hall–Kier alpha value is -2.57. The smallest absolute Gasteiger partial charge is 0.319 e. The molecule has 0 saturated carbocycles. The molecular formula is C16H24N6O. The van der Waals surface area contributed by atoms with E-state index in [1.807, 2.05) is 38.2 Å². The maximum atomic E-state index is 12.1. The third kappa shape index (κ3) is 4.98. The molecule has 1 heterocycles. The summed E-state index contributed by atoms with van der Waals surface area (Å²) in [5.41, 5.74) is 1.83. The number of hydrogen-bond acceptors (Lipinski definition) is 4. The Kier molecular flexibility index (Phi) is 5.56. The van der Waals surface area contributed by atoms with Crippen molar-refractivity contribution in [1.82, 2.24) is 20.1 Å². The van der Waals surface area contributed by atoms with Crippen LogP contribution in [0.25, 0.3) is 0 Å². The zero-order valence-electron chi connectivity index (χ0n) is 14.0. The van der Waals surface area contributed by atoms with Gasteiger partial charge in [0, 0.05) is 30.5 Å². The minimum Gasteiger partial charge on any atom is -0.372 e. The summed E-state index contributed by atoms with van der Waals surface area (Å²) >= 11 is 0. The van der Waals surface area contributed by atoms with E-state index in [-0.39, 0.29) is 12.1 Å². The van der Waals surface area contributed by atoms with Gasteiger partial charge in [-0.1, -0.05) is 6.07 Å². The Morgan fingerprint density at radius 3 is 2.78 bits per heavy atom. The van der Waals surface area contributed by atoms with Gasteiger partial charge in [-0.2, -0.15) is 5.10 Å². The van der Waals surface area contributed by atoms with E-state index in [0.717, 1.165) is 11.4 Å². The van der Waals surface area contributed by atoms with Crippen molar-refractivity contribution in [2.24, 2.45) is 0 Å². The second-order valence-corrected chi connectivity index (χ2v) is 5.87. The predicted molar refractivity (Wildman–Crippen MR) is 91.6 cm³/mol. The first-order valence-electron chi connectivity index (χ1n) is 7.68. The molecule has 7 heteroatoms. The Morgan fingerprint density at radius 2 is 2.13 bits per heavy atom. The van der Waals surface area contributed by atoms with Crippen molar-refractivity contribution in [2.75, 3.05) is 17.3 Å². The lowest BCUT2D eigenvalue weighted by Gasteiger charge is -2.24. The maximum absolute atomic E-state index is 12.1. The van der Waals surface area contributed by atoms with Crippen LogP contribution < -0.4 is 15.5 Å². The van der Waals surface area contributed by atoms with Gasteiger partial charge >= 0.3 is 6.03 Å². The largest absolute Gasteiger partial charge is 0.372 e. The molecule has 0 spiro atoms. The van der Waals surface area contributed by atoms with Gasteiger partial charge in [-0.15, -0.1) is 0 Å². The van der Waals surface area contributed by atoms with E-state index in [9.17, 15) is 4.79 Å². The molecule has 2 aromatic rings. The zero-order chi connectivity index (χ0) is 16.8. The fraction of sp³-hybridized carbons (Fsp3) is 0.438. The third-order valence-electron chi connectivity index (χ3n) is 3.59. The third-order valence-corrected chi connectivity index (χ3v) is 3.59. The van der Waals surface area contributed by atoms with E-state index in [4.69, 9.17) is 0 Å². The summed E-state index contributed by atoms with van der Waals surface area (Å²) in [7, 11) is 2.03. The highest BCUT2D eigenvalue weighted by atomic mass is 16.2. The van der Waals surface area contributed by atoms with Crippen LogP contribution in [0.3, 0.4) is 0 Å². The Morgan fingerprint density at radius 1 is 1.35 bits per heavy atom. The zero-order valence-corrected chi connectivity index (χ0v) is 14.0. The first-order valence-corrected chi connectivity index (χ1v) is 7.68. The van der Waals surface area contributed by atoms with Gasteiger partial charge in [0.25, 0.3) is 0 Å². The average Bonchev–Trinajstić information content (AvgIpc) is 2.99. The van der Waals surface area contributed by atoms with Gasteiger partial charge < -0.3 is 15.5 Å². The second kappa shape index (κ2) is 7.62. The van der Waals surface area contributed by atoms with Crippen LogP contribution in [0.1, 0.15) is 20.8 Å². The molecule has 0 bridgehead atoms. The van der Waals surface area contributed by atoms with Crippen molar-refractivity contribution in [3.63, 3.8) is 0 Å². The van der Waals surface area contributed by atoms with Crippen LogP contribution >= 0.6 is 0 Å². The van der Waals surface area contributed by atoms with E-state index in [1.54, 1.807) is 11.0 Å². The summed E-state index contributed by atoms with van der Waals surface area (Å²) in [6.07, 6.45) is 3.10. The van der Waals surface area contributed by atoms with Crippen LogP contribution in [0, 0.1) is 0 Å². The summed E-state index contributed by atoms with van der Waals surface area (Å²) in [6, 6.07) is 7.89. The van der Waals surface area contributed by atoms with Crippen LogP contribution in [0.2, 0.25) is 0 Å². The molecule has 0 fully saturated rings. The second-order valence-electron chi connectivity index (χ2n) is 5.87. The van der Waals surface area contributed by atoms with E-state index < -0.39 is 0 Å². The molecule has 2 N–H and O–H groups in total. The van der Waals surface area contributed by atoms with Gasteiger partial charge in [0.2, 0.25) is 0 Å². The number of benzene rings is 1. The maximum Gasteiger partial charge on any atom is 0.319 e. The molecule has 124 valence electrons. The number of carbonyl (C=O) groups is 1. The number of rotatable bonds is 6. The van der Waals surface area contributed by atoms with E-state index >= 15 is 0 Å². The van der Waals surface area contributed by atoms with Gasteiger partial charge in [-0.05, 0) is 39.0 Å². The Balaban J connectivity index is 1.91. The number of nitrogens with one attached hydrogen (secondary N) is 2. The topological polar surface area (TPSA) is 75.1 Å². The Bertz CT molecular complexity index is 625. The molecule has 23 heavy (non-hydrogen) atoms. The van der Waals surface area contributed by atoms with E-state index in [0.29, 0.717) is 12.6 Å². The van der Waals surface area contributed by atoms with Crippen molar-refractivity contribution in [3.05, 3.63) is 36.9 Å². The average molecular weight is 316 g/mol. The lowest BCUT2D eigenvalue weighted by atomic mass is 10.2. The number of nitrogens with zero attached hydrogens (tertiary/aromatic N) is 4. The molecular weight excluding hydrogens is 292 g/mol. The molecule has 2 amide bonds. The lowest BCUT2D eigenvalue weighted by molar-refractivity contribution is 0.247. The summed E-state index contributed by atoms with van der Waals surface area (Å²) in [5.74, 6) is 0. The number of hydrogen-bond donors (Lipinski definition) is 2. The van der Waals surface area contributed by atoms with Crippen molar-refractivity contribution in [3.8, 4) is 0 Å². The first-order chi connectivity index (χ1) is 11.0. The van der Waals surface area contributed by atoms with Gasteiger partial charge in [-0.25, -0.2) is 9.78 Å². The van der Waals surface area contributed by atoms with Crippen molar-refractivity contribution < 1.29 is 4.79 Å². The number of carbonyl (C=O) groups excluding carboxylic acids is 1. The molecule has 2 rings (SSSR count). The van der Waals surface area contributed by atoms with Gasteiger partial charge in [0.15, 0.2) is 0 Å². The minimum absolute atomic E-state index is 0.0572. The summed E-state index contributed by atoms with van der Waals surface area (Å²) in [5, 5.41) is 9.77. The number of amides is 2. The fourth-order valence-electron chi connectivity index (χ4n) is 2.15. The molecule has 1 aromatic carbocycles. The van der Waals surface area contributed by atoms with Crippen molar-refractivity contribution in [2.45, 2.75) is 39.4 Å². The van der Waals surface area contributed by atoms with E-state index in [1.165, 1.54) is 6.33 Å². The molecule has 1 aromatic heterocycles. The molecule has 0 aliphatic carbocycles. The highest BCUT2D eigenvalue weighted by Crippen LogP contribution is 2.19.